The largest absolute Gasteiger partial charge is 0.364 e. The maximum absolute atomic E-state index is 12.3. The van der Waals surface area contributed by atoms with Crippen LogP contribution in [0.25, 0.3) is 10.8 Å². The first kappa shape index (κ1) is 20.4. The molecular formula is C23H20N8O2. The van der Waals surface area contributed by atoms with E-state index in [0.717, 1.165) is 42.6 Å². The minimum Gasteiger partial charge on any atom is -0.364 e. The molecule has 5 rings (SSSR count). The Kier molecular flexibility index (Phi) is 5.53. The van der Waals surface area contributed by atoms with Crippen molar-refractivity contribution in [1.29, 1.82) is 0 Å². The minimum absolute atomic E-state index is 0.119. The number of aromatic amines is 2. The number of nitrogens with zero attached hydrogens (tertiary/aromatic N) is 4. The van der Waals surface area contributed by atoms with Crippen molar-refractivity contribution in [2.45, 2.75) is 0 Å². The van der Waals surface area contributed by atoms with Gasteiger partial charge in [0.2, 0.25) is 0 Å². The van der Waals surface area contributed by atoms with Crippen LogP contribution in [-0.2, 0) is 0 Å². The van der Waals surface area contributed by atoms with Crippen LogP contribution in [0.4, 0.5) is 17.2 Å². The second kappa shape index (κ2) is 8.94. The summed E-state index contributed by atoms with van der Waals surface area (Å²) in [5, 5.41) is 14.5. The molecule has 1 fully saturated rings. The lowest BCUT2D eigenvalue weighted by atomic mass is 10.1. The van der Waals surface area contributed by atoms with Gasteiger partial charge < -0.3 is 20.5 Å². The Morgan fingerprint density at radius 1 is 1.03 bits per heavy atom. The highest BCUT2D eigenvalue weighted by molar-refractivity contribution is 5.88. The number of hydrogen-bond donors (Lipinski definition) is 4. The summed E-state index contributed by atoms with van der Waals surface area (Å²) in [6.07, 6.45) is 5.04. The number of hydrogen-bond acceptors (Lipinski definition) is 8. The van der Waals surface area contributed by atoms with Crippen molar-refractivity contribution >= 4 is 28.0 Å². The van der Waals surface area contributed by atoms with Gasteiger partial charge in [-0.2, -0.15) is 5.10 Å². The summed E-state index contributed by atoms with van der Waals surface area (Å²) in [7, 11) is 0. The molecule has 0 spiro atoms. The van der Waals surface area contributed by atoms with Crippen LogP contribution in [0.2, 0.25) is 0 Å². The molecule has 0 amide bonds. The van der Waals surface area contributed by atoms with E-state index in [-0.39, 0.29) is 11.1 Å². The van der Waals surface area contributed by atoms with Gasteiger partial charge in [0.25, 0.3) is 11.1 Å². The first-order valence-corrected chi connectivity index (χ1v) is 10.4. The van der Waals surface area contributed by atoms with E-state index in [1.54, 1.807) is 24.7 Å². The lowest BCUT2D eigenvalue weighted by molar-refractivity contribution is 0.587. The Bertz CT molecular complexity index is 1470. The van der Waals surface area contributed by atoms with Gasteiger partial charge in [0.15, 0.2) is 0 Å². The summed E-state index contributed by atoms with van der Waals surface area (Å²) in [5.41, 5.74) is 1.95. The highest BCUT2D eigenvalue weighted by Gasteiger charge is 2.14. The maximum Gasteiger partial charge on any atom is 0.271 e. The number of rotatable bonds is 3. The van der Waals surface area contributed by atoms with E-state index in [2.05, 4.69) is 52.5 Å². The molecule has 1 aliphatic rings. The molecule has 164 valence electrons. The normalized spacial score (nSPS) is 13.4. The predicted octanol–water partition coefficient (Wildman–Crippen LogP) is 0.954. The second-order valence-electron chi connectivity index (χ2n) is 7.47. The number of piperazine rings is 1. The van der Waals surface area contributed by atoms with Crippen LogP contribution in [-0.4, -0.2) is 51.3 Å². The molecular weight excluding hydrogens is 420 g/mol. The van der Waals surface area contributed by atoms with Crippen LogP contribution in [0.15, 0.2) is 58.5 Å². The molecule has 0 bridgehead atoms. The predicted molar refractivity (Wildman–Crippen MR) is 126 cm³/mol. The van der Waals surface area contributed by atoms with E-state index >= 15 is 0 Å². The molecule has 0 atom stereocenters. The van der Waals surface area contributed by atoms with Gasteiger partial charge in [-0.3, -0.25) is 9.59 Å². The number of pyridine rings is 3. The van der Waals surface area contributed by atoms with Crippen LogP contribution >= 0.6 is 0 Å². The Balaban J connectivity index is 1.45. The average molecular weight is 440 g/mol. The fourth-order valence-corrected chi connectivity index (χ4v) is 3.60. The SMILES string of the molecule is O=c1ccc(C#Cc2nccc3cnc(Nc4c[nH]c(=O)c(N5CCNCC5)c4)cc23)n[nH]1. The van der Waals surface area contributed by atoms with Crippen LogP contribution in [0, 0.1) is 11.8 Å². The molecule has 33 heavy (non-hydrogen) atoms. The molecule has 0 unspecified atom stereocenters. The van der Waals surface area contributed by atoms with Gasteiger partial charge in [0, 0.05) is 61.6 Å². The molecule has 5 heterocycles. The summed E-state index contributed by atoms with van der Waals surface area (Å²) >= 11 is 0. The van der Waals surface area contributed by atoms with Gasteiger partial charge >= 0.3 is 0 Å². The van der Waals surface area contributed by atoms with Gasteiger partial charge in [-0.05, 0) is 36.1 Å². The molecule has 4 N–H and O–H groups in total. The van der Waals surface area contributed by atoms with Crippen molar-refractivity contribution in [3.8, 4) is 11.8 Å². The Hall–Kier alpha value is -4.49. The lowest BCUT2D eigenvalue weighted by Gasteiger charge is -2.28. The number of aromatic nitrogens is 5. The smallest absolute Gasteiger partial charge is 0.271 e. The second-order valence-corrected chi connectivity index (χ2v) is 7.47. The monoisotopic (exact) mass is 440 g/mol. The van der Waals surface area contributed by atoms with Crippen molar-refractivity contribution in [1.82, 2.24) is 30.5 Å². The zero-order chi connectivity index (χ0) is 22.6. The highest BCUT2D eigenvalue weighted by Crippen LogP contribution is 2.22. The van der Waals surface area contributed by atoms with Crippen molar-refractivity contribution in [3.05, 3.63) is 81.0 Å². The lowest BCUT2D eigenvalue weighted by Crippen LogP contribution is -2.45. The average Bonchev–Trinajstić information content (AvgIpc) is 2.85. The molecule has 0 aromatic carbocycles. The van der Waals surface area contributed by atoms with Gasteiger partial charge in [0.05, 0.1) is 5.69 Å². The van der Waals surface area contributed by atoms with Gasteiger partial charge in [-0.1, -0.05) is 0 Å². The van der Waals surface area contributed by atoms with E-state index in [1.807, 2.05) is 18.2 Å². The molecule has 1 aliphatic heterocycles. The molecule has 10 heteroatoms. The number of nitrogens with one attached hydrogen (secondary N) is 4. The molecule has 1 saturated heterocycles. The van der Waals surface area contributed by atoms with Crippen molar-refractivity contribution < 1.29 is 0 Å². The zero-order valence-corrected chi connectivity index (χ0v) is 17.6. The van der Waals surface area contributed by atoms with E-state index in [1.165, 1.54) is 6.07 Å². The van der Waals surface area contributed by atoms with Gasteiger partial charge in [0.1, 0.15) is 22.9 Å². The van der Waals surface area contributed by atoms with Crippen LogP contribution < -0.4 is 26.7 Å². The minimum atomic E-state index is -0.284. The number of fused-ring (bicyclic) bond motifs is 1. The van der Waals surface area contributed by atoms with Crippen LogP contribution in [0.5, 0.6) is 0 Å². The molecule has 4 aromatic heterocycles. The van der Waals surface area contributed by atoms with E-state index in [0.29, 0.717) is 22.9 Å². The third kappa shape index (κ3) is 4.58. The number of H-pyrrole nitrogens is 2. The van der Waals surface area contributed by atoms with Crippen molar-refractivity contribution in [3.63, 3.8) is 0 Å². The molecule has 10 nitrogen and oxygen atoms in total. The fraction of sp³-hybridized carbons (Fsp3) is 0.174. The van der Waals surface area contributed by atoms with Gasteiger partial charge in [-0.25, -0.2) is 15.1 Å². The Morgan fingerprint density at radius 2 is 1.91 bits per heavy atom. The van der Waals surface area contributed by atoms with Crippen molar-refractivity contribution in [2.75, 3.05) is 36.4 Å². The first-order valence-electron chi connectivity index (χ1n) is 10.4. The van der Waals surface area contributed by atoms with Crippen molar-refractivity contribution in [2.24, 2.45) is 0 Å². The molecule has 4 aromatic rings. The fourth-order valence-electron chi connectivity index (χ4n) is 3.60. The molecule has 0 aliphatic carbocycles. The Morgan fingerprint density at radius 3 is 2.73 bits per heavy atom. The summed E-state index contributed by atoms with van der Waals surface area (Å²) in [5.74, 6) is 6.52. The molecule has 0 saturated carbocycles. The van der Waals surface area contributed by atoms with Crippen LogP contribution in [0.3, 0.4) is 0 Å². The summed E-state index contributed by atoms with van der Waals surface area (Å²) < 4.78 is 0. The first-order chi connectivity index (χ1) is 16.2. The van der Waals surface area contributed by atoms with E-state index in [9.17, 15) is 9.59 Å². The van der Waals surface area contributed by atoms with Gasteiger partial charge in [-0.15, -0.1) is 0 Å². The standard InChI is InChI=1S/C23H20N8O2/c32-22-4-2-16(29-30-22)1-3-19-18-12-21(26-13-15(18)5-6-25-19)28-17-11-20(23(33)27-14-17)31-9-7-24-8-10-31/h2,4-6,11-14,24H,7-10H2,(H,26,28)(H,27,33)(H,30,32). The van der Waals surface area contributed by atoms with Crippen LogP contribution in [0.1, 0.15) is 11.4 Å². The topological polar surface area (TPSA) is 132 Å². The third-order valence-corrected chi connectivity index (χ3v) is 5.25. The van der Waals surface area contributed by atoms with E-state index < -0.39 is 0 Å². The van der Waals surface area contributed by atoms with E-state index in [4.69, 9.17) is 0 Å². The third-order valence-electron chi connectivity index (χ3n) is 5.25. The summed E-state index contributed by atoms with van der Waals surface area (Å²) in [6, 6.07) is 8.48. The maximum atomic E-state index is 12.3. The summed E-state index contributed by atoms with van der Waals surface area (Å²) in [4.78, 5) is 37.2. The Labute approximate surface area is 188 Å². The molecule has 0 radical (unpaired) electrons. The number of anilines is 3. The summed E-state index contributed by atoms with van der Waals surface area (Å²) in [6.45, 7) is 3.24. The zero-order valence-electron chi connectivity index (χ0n) is 17.6. The quantitative estimate of drug-likeness (QED) is 0.346. The highest BCUT2D eigenvalue weighted by atomic mass is 16.1.